The minimum absolute atomic E-state index is 0.0430. The summed E-state index contributed by atoms with van der Waals surface area (Å²) in [7, 11) is 4.80. The number of carbonyl (C=O) groups excluding carboxylic acids is 1. The van der Waals surface area contributed by atoms with Crippen molar-refractivity contribution in [3.05, 3.63) is 70.7 Å². The number of aromatic nitrogens is 3. The van der Waals surface area contributed by atoms with E-state index in [9.17, 15) is 9.59 Å². The molecule has 0 bridgehead atoms. The van der Waals surface area contributed by atoms with E-state index < -0.39 is 5.76 Å². The van der Waals surface area contributed by atoms with Crippen LogP contribution in [-0.4, -0.2) is 59.3 Å². The van der Waals surface area contributed by atoms with E-state index in [-0.39, 0.29) is 18.2 Å². The molecule has 1 aliphatic rings. The second-order valence-corrected chi connectivity index (χ2v) is 9.34. The molecule has 2 aromatic carbocycles. The molecule has 0 radical (unpaired) electrons. The zero-order valence-electron chi connectivity index (χ0n) is 21.9. The van der Waals surface area contributed by atoms with Crippen molar-refractivity contribution in [1.29, 1.82) is 0 Å². The number of hydrogen-bond donors (Lipinski definition) is 0. The van der Waals surface area contributed by atoms with Crippen molar-refractivity contribution in [2.45, 2.75) is 38.3 Å². The van der Waals surface area contributed by atoms with Crippen molar-refractivity contribution < 1.29 is 23.4 Å². The van der Waals surface area contributed by atoms with Gasteiger partial charge in [0.15, 0.2) is 17.1 Å². The number of aryl methyl sites for hydroxylation is 1. The molecule has 0 spiro atoms. The van der Waals surface area contributed by atoms with Crippen LogP contribution in [0, 0.1) is 0 Å². The molecule has 10 nitrogen and oxygen atoms in total. The number of nitrogens with zero attached hydrogens (tertiary/aromatic N) is 4. The Morgan fingerprint density at radius 3 is 2.45 bits per heavy atom. The van der Waals surface area contributed by atoms with Gasteiger partial charge in [0.05, 0.1) is 26.8 Å². The molecule has 1 saturated heterocycles. The van der Waals surface area contributed by atoms with Gasteiger partial charge in [0.2, 0.25) is 11.7 Å². The summed E-state index contributed by atoms with van der Waals surface area (Å²) in [4.78, 5) is 31.7. The number of rotatable bonds is 9. The summed E-state index contributed by atoms with van der Waals surface area (Å²) in [6.07, 6.45) is 5.70. The Balaban J connectivity index is 1.21. The molecule has 1 amide bonds. The van der Waals surface area contributed by atoms with Crippen LogP contribution < -0.4 is 20.0 Å². The second kappa shape index (κ2) is 11.0. The molecule has 0 N–H and O–H groups in total. The fourth-order valence-corrected chi connectivity index (χ4v) is 5.22. The Labute approximate surface area is 220 Å². The first-order valence-corrected chi connectivity index (χ1v) is 12.7. The SMILES string of the molecule is COc1cc(Cn2ccnc2C2CCN(C(=O)CCn3c(=O)oc4ccccc43)CC2)cc(OC)c1OC. The third-order valence-corrected chi connectivity index (χ3v) is 7.16. The zero-order chi connectivity index (χ0) is 26.6. The number of fused-ring (bicyclic) bond motifs is 1. The van der Waals surface area contributed by atoms with Gasteiger partial charge in [0.1, 0.15) is 5.82 Å². The molecule has 0 aliphatic carbocycles. The van der Waals surface area contributed by atoms with E-state index in [0.29, 0.717) is 54.5 Å². The summed E-state index contributed by atoms with van der Waals surface area (Å²) < 4.78 is 25.4. The number of piperidine rings is 1. The van der Waals surface area contributed by atoms with E-state index in [1.54, 1.807) is 27.4 Å². The smallest absolute Gasteiger partial charge is 0.419 e. The number of likely N-dealkylation sites (tertiary alicyclic amines) is 1. The van der Waals surface area contributed by atoms with Crippen molar-refractivity contribution in [3.8, 4) is 17.2 Å². The number of methoxy groups -OCH3 is 3. The summed E-state index contributed by atoms with van der Waals surface area (Å²) in [5.74, 6) is 2.64. The Kier molecular flexibility index (Phi) is 7.39. The molecule has 1 aliphatic heterocycles. The van der Waals surface area contributed by atoms with Crippen LogP contribution in [-0.2, 0) is 17.9 Å². The van der Waals surface area contributed by atoms with Gasteiger partial charge in [0.25, 0.3) is 0 Å². The number of carbonyl (C=O) groups is 1. The first-order chi connectivity index (χ1) is 18.5. The molecule has 0 unspecified atom stereocenters. The van der Waals surface area contributed by atoms with Crippen LogP contribution in [0.15, 0.2) is 58.0 Å². The molecule has 0 atom stereocenters. The number of amides is 1. The van der Waals surface area contributed by atoms with Crippen LogP contribution >= 0.6 is 0 Å². The maximum absolute atomic E-state index is 12.9. The standard InChI is InChI=1S/C28H32N4O6/c1-35-23-16-19(17-24(36-2)26(23)37-3)18-31-15-11-29-27(31)20-8-12-30(13-9-20)25(33)10-14-32-21-6-4-5-7-22(21)38-28(32)34/h4-7,11,15-17,20H,8-10,12-14,18H2,1-3H3. The molecule has 0 saturated carbocycles. The molecule has 3 heterocycles. The van der Waals surface area contributed by atoms with Crippen LogP contribution in [0.3, 0.4) is 0 Å². The summed E-state index contributed by atoms with van der Waals surface area (Å²) in [6.45, 7) is 2.22. The van der Waals surface area contributed by atoms with Gasteiger partial charge in [-0.3, -0.25) is 9.36 Å². The Morgan fingerprint density at radius 1 is 1.05 bits per heavy atom. The Morgan fingerprint density at radius 2 is 1.76 bits per heavy atom. The largest absolute Gasteiger partial charge is 0.493 e. The highest BCUT2D eigenvalue weighted by Crippen LogP contribution is 2.38. The van der Waals surface area contributed by atoms with Gasteiger partial charge in [-0.05, 0) is 42.7 Å². The lowest BCUT2D eigenvalue weighted by molar-refractivity contribution is -0.132. The van der Waals surface area contributed by atoms with Gasteiger partial charge in [-0.2, -0.15) is 0 Å². The third-order valence-electron chi connectivity index (χ3n) is 7.16. The molecule has 10 heteroatoms. The van der Waals surface area contributed by atoms with Crippen molar-refractivity contribution in [2.24, 2.45) is 0 Å². The Hall–Kier alpha value is -4.21. The summed E-state index contributed by atoms with van der Waals surface area (Å²) in [5, 5.41) is 0. The van der Waals surface area contributed by atoms with Crippen LogP contribution in [0.5, 0.6) is 17.2 Å². The van der Waals surface area contributed by atoms with Crippen molar-refractivity contribution in [1.82, 2.24) is 19.0 Å². The van der Waals surface area contributed by atoms with Crippen LogP contribution in [0.25, 0.3) is 11.1 Å². The molecule has 200 valence electrons. The van der Waals surface area contributed by atoms with Gasteiger partial charge < -0.3 is 28.1 Å². The lowest BCUT2D eigenvalue weighted by Crippen LogP contribution is -2.39. The summed E-state index contributed by atoms with van der Waals surface area (Å²) >= 11 is 0. The van der Waals surface area contributed by atoms with E-state index in [1.165, 1.54) is 4.57 Å². The quantitative estimate of drug-likeness (QED) is 0.332. The Bertz CT molecular complexity index is 1450. The molecule has 38 heavy (non-hydrogen) atoms. The second-order valence-electron chi connectivity index (χ2n) is 9.34. The van der Waals surface area contributed by atoms with Gasteiger partial charge in [-0.1, -0.05) is 12.1 Å². The van der Waals surface area contributed by atoms with E-state index in [0.717, 1.165) is 24.2 Å². The number of hydrogen-bond acceptors (Lipinski definition) is 7. The lowest BCUT2D eigenvalue weighted by Gasteiger charge is -2.32. The average molecular weight is 521 g/mol. The van der Waals surface area contributed by atoms with E-state index in [2.05, 4.69) is 9.55 Å². The third kappa shape index (κ3) is 4.98. The fraction of sp³-hybridized carbons (Fsp3) is 0.393. The van der Waals surface area contributed by atoms with Crippen LogP contribution in [0.1, 0.15) is 36.6 Å². The number of imidazole rings is 1. The van der Waals surface area contributed by atoms with E-state index in [4.69, 9.17) is 18.6 Å². The first-order valence-electron chi connectivity index (χ1n) is 12.7. The molecule has 1 fully saturated rings. The van der Waals surface area contributed by atoms with Gasteiger partial charge >= 0.3 is 5.76 Å². The average Bonchev–Trinajstić information content (AvgIpc) is 3.54. The predicted molar refractivity (Wildman–Crippen MR) is 141 cm³/mol. The number of benzene rings is 2. The summed E-state index contributed by atoms with van der Waals surface area (Å²) in [5.41, 5.74) is 2.25. The van der Waals surface area contributed by atoms with Gasteiger partial charge in [-0.25, -0.2) is 9.78 Å². The monoisotopic (exact) mass is 520 g/mol. The highest BCUT2D eigenvalue weighted by molar-refractivity contribution is 5.77. The molecule has 4 aromatic rings. The fourth-order valence-electron chi connectivity index (χ4n) is 5.22. The van der Waals surface area contributed by atoms with Crippen LogP contribution in [0.4, 0.5) is 0 Å². The number of para-hydroxylation sites is 2. The predicted octanol–water partition coefficient (Wildman–Crippen LogP) is 3.66. The number of oxazole rings is 1. The van der Waals surface area contributed by atoms with E-state index >= 15 is 0 Å². The highest BCUT2D eigenvalue weighted by atomic mass is 16.5. The van der Waals surface area contributed by atoms with Gasteiger partial charge in [-0.15, -0.1) is 0 Å². The van der Waals surface area contributed by atoms with Gasteiger partial charge in [0, 0.05) is 50.9 Å². The van der Waals surface area contributed by atoms with E-state index in [1.807, 2.05) is 47.6 Å². The topological polar surface area (TPSA) is 101 Å². The van der Waals surface area contributed by atoms with Crippen LogP contribution in [0.2, 0.25) is 0 Å². The normalized spacial score (nSPS) is 14.1. The lowest BCUT2D eigenvalue weighted by atomic mass is 9.95. The molecule has 5 rings (SSSR count). The minimum Gasteiger partial charge on any atom is -0.493 e. The van der Waals surface area contributed by atoms with Crippen molar-refractivity contribution in [2.75, 3.05) is 34.4 Å². The molecular formula is C28H32N4O6. The van der Waals surface area contributed by atoms with Crippen molar-refractivity contribution in [3.63, 3.8) is 0 Å². The highest BCUT2D eigenvalue weighted by Gasteiger charge is 2.27. The molecule has 2 aromatic heterocycles. The summed E-state index contributed by atoms with van der Waals surface area (Å²) in [6, 6.07) is 11.1. The van der Waals surface area contributed by atoms with Crippen molar-refractivity contribution >= 4 is 17.0 Å². The first kappa shape index (κ1) is 25.4. The maximum atomic E-state index is 12.9. The molecular weight excluding hydrogens is 488 g/mol. The maximum Gasteiger partial charge on any atom is 0.419 e. The zero-order valence-corrected chi connectivity index (χ0v) is 21.9. The number of ether oxygens (including phenoxy) is 3. The minimum atomic E-state index is -0.434.